The van der Waals surface area contributed by atoms with Crippen LogP contribution in [0.5, 0.6) is 0 Å². The number of carbonyl (C=O) groups excluding carboxylic acids is 1. The van der Waals surface area contributed by atoms with Crippen LogP contribution in [0.25, 0.3) is 0 Å². The van der Waals surface area contributed by atoms with Crippen molar-refractivity contribution >= 4 is 5.97 Å². The molecule has 0 atom stereocenters. The SMILES string of the molecule is CCOC(=O)CN1CC(N)C1. The highest BCUT2D eigenvalue weighted by molar-refractivity contribution is 5.71. The molecule has 4 nitrogen and oxygen atoms in total. The van der Waals surface area contributed by atoms with E-state index in [1.165, 1.54) is 0 Å². The Morgan fingerprint density at radius 3 is 2.82 bits per heavy atom. The van der Waals surface area contributed by atoms with Gasteiger partial charge in [0.25, 0.3) is 0 Å². The van der Waals surface area contributed by atoms with Crippen LogP contribution in [-0.4, -0.2) is 43.2 Å². The molecule has 0 aromatic rings. The summed E-state index contributed by atoms with van der Waals surface area (Å²) < 4.78 is 4.76. The van der Waals surface area contributed by atoms with Gasteiger partial charge in [0.05, 0.1) is 13.2 Å². The second kappa shape index (κ2) is 3.69. The van der Waals surface area contributed by atoms with E-state index in [1.54, 1.807) is 6.92 Å². The summed E-state index contributed by atoms with van der Waals surface area (Å²) in [6.07, 6.45) is 0. The van der Waals surface area contributed by atoms with Gasteiger partial charge in [-0.3, -0.25) is 9.69 Å². The number of carbonyl (C=O) groups is 1. The molecule has 0 bridgehead atoms. The first kappa shape index (κ1) is 8.49. The van der Waals surface area contributed by atoms with Crippen LogP contribution in [0.3, 0.4) is 0 Å². The van der Waals surface area contributed by atoms with Gasteiger partial charge in [0.15, 0.2) is 0 Å². The lowest BCUT2D eigenvalue weighted by Crippen LogP contribution is -2.57. The van der Waals surface area contributed by atoms with Gasteiger partial charge in [-0.15, -0.1) is 0 Å². The van der Waals surface area contributed by atoms with Gasteiger partial charge in [-0.25, -0.2) is 0 Å². The summed E-state index contributed by atoms with van der Waals surface area (Å²) in [7, 11) is 0. The van der Waals surface area contributed by atoms with Gasteiger partial charge in [-0.2, -0.15) is 0 Å². The lowest BCUT2D eigenvalue weighted by molar-refractivity contribution is -0.145. The molecule has 0 aromatic heterocycles. The van der Waals surface area contributed by atoms with Crippen molar-refractivity contribution in [1.29, 1.82) is 0 Å². The van der Waals surface area contributed by atoms with Crippen LogP contribution in [0.15, 0.2) is 0 Å². The molecule has 0 radical (unpaired) electrons. The van der Waals surface area contributed by atoms with E-state index in [0.717, 1.165) is 13.1 Å². The molecule has 1 aliphatic heterocycles. The van der Waals surface area contributed by atoms with E-state index in [2.05, 4.69) is 0 Å². The normalized spacial score (nSPS) is 19.5. The molecule has 1 heterocycles. The Kier molecular flexibility index (Phi) is 2.84. The van der Waals surface area contributed by atoms with Crippen LogP contribution < -0.4 is 5.73 Å². The van der Waals surface area contributed by atoms with Crippen molar-refractivity contribution < 1.29 is 9.53 Å². The number of hydrogen-bond donors (Lipinski definition) is 1. The first-order valence-electron chi connectivity index (χ1n) is 3.86. The third kappa shape index (κ3) is 2.48. The predicted octanol–water partition coefficient (Wildman–Crippen LogP) is -0.808. The molecule has 0 unspecified atom stereocenters. The van der Waals surface area contributed by atoms with E-state index >= 15 is 0 Å². The van der Waals surface area contributed by atoms with Crippen LogP contribution in [0.1, 0.15) is 6.92 Å². The van der Waals surface area contributed by atoms with Crippen LogP contribution in [0.4, 0.5) is 0 Å². The van der Waals surface area contributed by atoms with Crippen molar-refractivity contribution in [2.45, 2.75) is 13.0 Å². The molecule has 4 heteroatoms. The molecule has 1 rings (SSSR count). The number of esters is 1. The van der Waals surface area contributed by atoms with Gasteiger partial charge in [-0.05, 0) is 6.92 Å². The van der Waals surface area contributed by atoms with Crippen molar-refractivity contribution in [3.05, 3.63) is 0 Å². The predicted molar refractivity (Wildman–Crippen MR) is 41.0 cm³/mol. The van der Waals surface area contributed by atoms with Crippen LogP contribution in [0.2, 0.25) is 0 Å². The molecule has 2 N–H and O–H groups in total. The molecule has 0 aliphatic carbocycles. The van der Waals surface area contributed by atoms with Crippen molar-refractivity contribution in [3.8, 4) is 0 Å². The minimum Gasteiger partial charge on any atom is -0.465 e. The molecule has 1 fully saturated rings. The van der Waals surface area contributed by atoms with Gasteiger partial charge >= 0.3 is 5.97 Å². The summed E-state index contributed by atoms with van der Waals surface area (Å²) in [5.74, 6) is -0.153. The fourth-order valence-electron chi connectivity index (χ4n) is 1.13. The minimum absolute atomic E-state index is 0.153. The molecular formula is C7H14N2O2. The van der Waals surface area contributed by atoms with Gasteiger partial charge in [-0.1, -0.05) is 0 Å². The number of likely N-dealkylation sites (tertiary alicyclic amines) is 1. The highest BCUT2D eigenvalue weighted by Gasteiger charge is 2.24. The van der Waals surface area contributed by atoms with Crippen LogP contribution >= 0.6 is 0 Å². The fraction of sp³-hybridized carbons (Fsp3) is 0.857. The molecule has 0 spiro atoms. The Labute approximate surface area is 66.3 Å². The zero-order valence-corrected chi connectivity index (χ0v) is 6.75. The van der Waals surface area contributed by atoms with Gasteiger partial charge in [0.2, 0.25) is 0 Å². The van der Waals surface area contributed by atoms with E-state index < -0.39 is 0 Å². The summed E-state index contributed by atoms with van der Waals surface area (Å²) in [4.78, 5) is 12.8. The van der Waals surface area contributed by atoms with E-state index in [-0.39, 0.29) is 12.0 Å². The number of ether oxygens (including phenoxy) is 1. The van der Waals surface area contributed by atoms with E-state index in [4.69, 9.17) is 10.5 Å². The quantitative estimate of drug-likeness (QED) is 0.546. The van der Waals surface area contributed by atoms with E-state index in [0.29, 0.717) is 13.2 Å². The number of rotatable bonds is 3. The van der Waals surface area contributed by atoms with Crippen molar-refractivity contribution in [2.75, 3.05) is 26.2 Å². The van der Waals surface area contributed by atoms with E-state index in [9.17, 15) is 4.79 Å². The van der Waals surface area contributed by atoms with Crippen molar-refractivity contribution in [2.24, 2.45) is 5.73 Å². The van der Waals surface area contributed by atoms with Gasteiger partial charge in [0, 0.05) is 19.1 Å². The smallest absolute Gasteiger partial charge is 0.320 e. The molecule has 0 aromatic carbocycles. The maximum atomic E-state index is 10.8. The summed E-state index contributed by atoms with van der Waals surface area (Å²) in [5.41, 5.74) is 5.52. The lowest BCUT2D eigenvalue weighted by atomic mass is 10.1. The zero-order valence-electron chi connectivity index (χ0n) is 6.75. The zero-order chi connectivity index (χ0) is 8.27. The molecule has 1 saturated heterocycles. The van der Waals surface area contributed by atoms with Gasteiger partial charge < -0.3 is 10.5 Å². The Hall–Kier alpha value is -0.610. The third-order valence-corrected chi connectivity index (χ3v) is 1.64. The monoisotopic (exact) mass is 158 g/mol. The molecule has 0 amide bonds. The molecule has 1 aliphatic rings. The molecule has 11 heavy (non-hydrogen) atoms. The maximum absolute atomic E-state index is 10.8. The van der Waals surface area contributed by atoms with Gasteiger partial charge in [0.1, 0.15) is 0 Å². The minimum atomic E-state index is -0.153. The topological polar surface area (TPSA) is 55.6 Å². The molecular weight excluding hydrogens is 144 g/mol. The number of hydrogen-bond acceptors (Lipinski definition) is 4. The Bertz CT molecular complexity index is 143. The summed E-state index contributed by atoms with van der Waals surface area (Å²) in [6.45, 7) is 4.29. The second-order valence-electron chi connectivity index (χ2n) is 2.76. The second-order valence-corrected chi connectivity index (χ2v) is 2.76. The highest BCUT2D eigenvalue weighted by Crippen LogP contribution is 2.03. The average Bonchev–Trinajstić information content (AvgIpc) is 1.85. The summed E-state index contributed by atoms with van der Waals surface area (Å²) in [6, 6.07) is 0.254. The number of nitrogens with two attached hydrogens (primary N) is 1. The standard InChI is InChI=1S/C7H14N2O2/c1-2-11-7(10)5-9-3-6(8)4-9/h6H,2-5,8H2,1H3. The maximum Gasteiger partial charge on any atom is 0.320 e. The first-order chi connectivity index (χ1) is 5.22. The lowest BCUT2D eigenvalue weighted by Gasteiger charge is -2.35. The van der Waals surface area contributed by atoms with E-state index in [1.807, 2.05) is 4.90 Å². The summed E-state index contributed by atoms with van der Waals surface area (Å²) in [5, 5.41) is 0. The van der Waals surface area contributed by atoms with Crippen molar-refractivity contribution in [1.82, 2.24) is 4.90 Å². The van der Waals surface area contributed by atoms with Crippen molar-refractivity contribution in [3.63, 3.8) is 0 Å². The highest BCUT2D eigenvalue weighted by atomic mass is 16.5. The fourth-order valence-corrected chi connectivity index (χ4v) is 1.13. The Morgan fingerprint density at radius 1 is 1.73 bits per heavy atom. The molecule has 64 valence electrons. The van der Waals surface area contributed by atoms with Crippen LogP contribution in [0, 0.1) is 0 Å². The third-order valence-electron chi connectivity index (χ3n) is 1.64. The molecule has 0 saturated carbocycles. The Morgan fingerprint density at radius 2 is 2.36 bits per heavy atom. The number of nitrogens with zero attached hydrogens (tertiary/aromatic N) is 1. The summed E-state index contributed by atoms with van der Waals surface area (Å²) >= 11 is 0. The Balaban J connectivity index is 2.07. The first-order valence-corrected chi connectivity index (χ1v) is 3.86. The average molecular weight is 158 g/mol. The largest absolute Gasteiger partial charge is 0.465 e. The van der Waals surface area contributed by atoms with Crippen LogP contribution in [-0.2, 0) is 9.53 Å².